The zero-order valence-corrected chi connectivity index (χ0v) is 14.8. The minimum Gasteiger partial charge on any atom is -0.492 e. The van der Waals surface area contributed by atoms with Gasteiger partial charge in [-0.15, -0.1) is 0 Å². The number of nitrogens with one attached hydrogen (secondary N) is 2. The number of carbonyl (C=O) groups excluding carboxylic acids is 2. The van der Waals surface area contributed by atoms with Crippen molar-refractivity contribution in [3.05, 3.63) is 26.8 Å². The van der Waals surface area contributed by atoms with Gasteiger partial charge in [0.1, 0.15) is 5.57 Å². The molecule has 1 heterocycles. The van der Waals surface area contributed by atoms with Gasteiger partial charge in [-0.1, -0.05) is 0 Å². The van der Waals surface area contributed by atoms with E-state index in [2.05, 4.69) is 33.2 Å². The average molecular weight is 432 g/mol. The minimum absolute atomic E-state index is 0.00599. The van der Waals surface area contributed by atoms with Gasteiger partial charge in [0.25, 0.3) is 11.8 Å². The third kappa shape index (κ3) is 3.55. The van der Waals surface area contributed by atoms with Crippen LogP contribution >= 0.6 is 34.8 Å². The first-order valence-corrected chi connectivity index (χ1v) is 7.83. The first kappa shape index (κ1) is 16.7. The molecule has 116 valence electrons. The van der Waals surface area contributed by atoms with E-state index in [9.17, 15) is 9.59 Å². The summed E-state index contributed by atoms with van der Waals surface area (Å²) in [6.07, 6.45) is 1.48. The first-order valence-electron chi connectivity index (χ1n) is 6.35. The van der Waals surface area contributed by atoms with Gasteiger partial charge in [-0.05, 0) is 65.5 Å². The van der Waals surface area contributed by atoms with Gasteiger partial charge in [0.15, 0.2) is 16.6 Å². The molecule has 0 radical (unpaired) electrons. The maximum absolute atomic E-state index is 11.9. The lowest BCUT2D eigenvalue weighted by Crippen LogP contribution is -2.51. The normalized spacial score (nSPS) is 14.3. The molecule has 1 aliphatic rings. The molecule has 1 aliphatic heterocycles. The number of halogens is 1. The van der Waals surface area contributed by atoms with Crippen molar-refractivity contribution < 1.29 is 19.1 Å². The lowest BCUT2D eigenvalue weighted by Gasteiger charge is -2.17. The smallest absolute Gasteiger partial charge is 0.263 e. The molecular weight excluding hydrogens is 419 g/mol. The molecule has 0 spiro atoms. The molecule has 2 N–H and O–H groups in total. The summed E-state index contributed by atoms with van der Waals surface area (Å²) in [5, 5.41) is 4.79. The van der Waals surface area contributed by atoms with E-state index in [0.717, 1.165) is 3.57 Å². The van der Waals surface area contributed by atoms with Crippen LogP contribution in [0.3, 0.4) is 0 Å². The number of hydrogen-bond acceptors (Lipinski definition) is 5. The largest absolute Gasteiger partial charge is 0.492 e. The van der Waals surface area contributed by atoms with E-state index >= 15 is 0 Å². The molecule has 0 bridgehead atoms. The second kappa shape index (κ2) is 7.05. The third-order valence-corrected chi connectivity index (χ3v) is 3.80. The molecule has 0 saturated carbocycles. The van der Waals surface area contributed by atoms with Crippen LogP contribution in [0, 0.1) is 3.57 Å². The highest BCUT2D eigenvalue weighted by Gasteiger charge is 2.25. The Hall–Kier alpha value is -1.68. The highest BCUT2D eigenvalue weighted by molar-refractivity contribution is 14.1. The number of hydrogen-bond donors (Lipinski definition) is 2. The number of benzene rings is 1. The highest BCUT2D eigenvalue weighted by atomic mass is 127. The summed E-state index contributed by atoms with van der Waals surface area (Å²) in [4.78, 5) is 23.7. The molecule has 6 nitrogen and oxygen atoms in total. The maximum Gasteiger partial charge on any atom is 0.263 e. The molecular formula is C14H13IN2O4S. The van der Waals surface area contributed by atoms with Crippen molar-refractivity contribution in [2.75, 3.05) is 13.7 Å². The van der Waals surface area contributed by atoms with E-state index in [1.165, 1.54) is 6.08 Å². The average Bonchev–Trinajstić information content (AvgIpc) is 2.43. The van der Waals surface area contributed by atoms with Crippen molar-refractivity contribution in [2.45, 2.75) is 6.92 Å². The van der Waals surface area contributed by atoms with Crippen molar-refractivity contribution >= 4 is 57.8 Å². The fraction of sp³-hybridized carbons (Fsp3) is 0.214. The molecule has 0 unspecified atom stereocenters. The number of methoxy groups -OCH3 is 1. The van der Waals surface area contributed by atoms with Crippen LogP contribution in [0.15, 0.2) is 17.7 Å². The molecule has 22 heavy (non-hydrogen) atoms. The Balaban J connectivity index is 2.44. The van der Waals surface area contributed by atoms with Gasteiger partial charge < -0.3 is 9.47 Å². The van der Waals surface area contributed by atoms with E-state index in [4.69, 9.17) is 21.7 Å². The summed E-state index contributed by atoms with van der Waals surface area (Å²) < 4.78 is 11.6. The molecule has 0 atom stereocenters. The molecule has 0 aromatic heterocycles. The van der Waals surface area contributed by atoms with Crippen LogP contribution in [0.4, 0.5) is 0 Å². The molecule has 1 fully saturated rings. The van der Waals surface area contributed by atoms with Gasteiger partial charge in [-0.2, -0.15) is 0 Å². The van der Waals surface area contributed by atoms with Gasteiger partial charge >= 0.3 is 0 Å². The molecule has 1 aromatic carbocycles. The van der Waals surface area contributed by atoms with Crippen molar-refractivity contribution in [1.82, 2.24) is 10.6 Å². The summed E-state index contributed by atoms with van der Waals surface area (Å²) in [5.74, 6) is 0.106. The van der Waals surface area contributed by atoms with Crippen molar-refractivity contribution in [3.63, 3.8) is 0 Å². The van der Waals surface area contributed by atoms with Gasteiger partial charge in [-0.3, -0.25) is 20.2 Å². The van der Waals surface area contributed by atoms with Gasteiger partial charge in [0.2, 0.25) is 0 Å². The highest BCUT2D eigenvalue weighted by Crippen LogP contribution is 2.34. The zero-order valence-electron chi connectivity index (χ0n) is 11.9. The van der Waals surface area contributed by atoms with E-state index in [0.29, 0.717) is 23.7 Å². The van der Waals surface area contributed by atoms with E-state index in [-0.39, 0.29) is 10.7 Å². The Bertz CT molecular complexity index is 666. The van der Waals surface area contributed by atoms with Crippen LogP contribution in [0.5, 0.6) is 11.5 Å². The monoisotopic (exact) mass is 432 g/mol. The van der Waals surface area contributed by atoms with Crippen molar-refractivity contribution in [3.8, 4) is 11.5 Å². The summed E-state index contributed by atoms with van der Waals surface area (Å²) in [6.45, 7) is 2.34. The predicted octanol–water partition coefficient (Wildman–Crippen LogP) is 1.61. The van der Waals surface area contributed by atoms with Gasteiger partial charge in [-0.25, -0.2) is 0 Å². The number of amides is 2. The number of thiocarbonyl (C=S) groups is 1. The molecule has 2 rings (SSSR count). The number of carbonyl (C=O) groups is 2. The summed E-state index contributed by atoms with van der Waals surface area (Å²) in [5.41, 5.74) is 0.638. The molecule has 1 saturated heterocycles. The van der Waals surface area contributed by atoms with Crippen LogP contribution in [0.2, 0.25) is 0 Å². The molecule has 2 amide bonds. The first-order chi connectivity index (χ1) is 10.5. The second-order valence-electron chi connectivity index (χ2n) is 4.26. The van der Waals surface area contributed by atoms with Crippen LogP contribution in [0.1, 0.15) is 12.5 Å². The molecule has 0 aliphatic carbocycles. The molecule has 1 aromatic rings. The fourth-order valence-electron chi connectivity index (χ4n) is 1.91. The summed E-state index contributed by atoms with van der Waals surface area (Å²) >= 11 is 6.86. The van der Waals surface area contributed by atoms with Gasteiger partial charge in [0, 0.05) is 0 Å². The Morgan fingerprint density at radius 1 is 1.27 bits per heavy atom. The van der Waals surface area contributed by atoms with Crippen molar-refractivity contribution in [1.29, 1.82) is 0 Å². The third-order valence-electron chi connectivity index (χ3n) is 2.79. The van der Waals surface area contributed by atoms with E-state index in [1.807, 2.05) is 6.92 Å². The maximum atomic E-state index is 11.9. The Morgan fingerprint density at radius 3 is 2.45 bits per heavy atom. The second-order valence-corrected chi connectivity index (χ2v) is 5.83. The fourth-order valence-corrected chi connectivity index (χ4v) is 2.94. The number of ether oxygens (including phenoxy) is 2. The quantitative estimate of drug-likeness (QED) is 0.327. The SMILES string of the molecule is CCOc1cc(C=C2C(=O)NC(=S)NC2=O)cc(I)c1OC. The van der Waals surface area contributed by atoms with Crippen LogP contribution in [-0.4, -0.2) is 30.6 Å². The van der Waals surface area contributed by atoms with Gasteiger partial charge in [0.05, 0.1) is 17.3 Å². The zero-order chi connectivity index (χ0) is 16.3. The van der Waals surface area contributed by atoms with E-state index in [1.54, 1.807) is 19.2 Å². The standard InChI is InChI=1S/C14H13IN2O4S/c1-3-21-10-6-7(5-9(15)11(10)20-2)4-8-12(18)16-14(22)17-13(8)19/h4-6H,3H2,1-2H3,(H2,16,17,18,19,22). The Kier molecular flexibility index (Phi) is 5.35. The summed E-state index contributed by atoms with van der Waals surface area (Å²) in [7, 11) is 1.56. The van der Waals surface area contributed by atoms with Crippen LogP contribution in [-0.2, 0) is 9.59 Å². The molecule has 8 heteroatoms. The Morgan fingerprint density at radius 2 is 1.91 bits per heavy atom. The Labute approximate surface area is 146 Å². The van der Waals surface area contributed by atoms with E-state index < -0.39 is 11.8 Å². The number of rotatable bonds is 4. The predicted molar refractivity (Wildman–Crippen MR) is 93.7 cm³/mol. The minimum atomic E-state index is -0.530. The van der Waals surface area contributed by atoms with Crippen LogP contribution < -0.4 is 20.1 Å². The van der Waals surface area contributed by atoms with Crippen molar-refractivity contribution in [2.24, 2.45) is 0 Å². The van der Waals surface area contributed by atoms with Crippen LogP contribution in [0.25, 0.3) is 6.08 Å². The summed E-state index contributed by atoms with van der Waals surface area (Å²) in [6, 6.07) is 3.51. The topological polar surface area (TPSA) is 76.7 Å². The lowest BCUT2D eigenvalue weighted by atomic mass is 10.1. The lowest BCUT2D eigenvalue weighted by molar-refractivity contribution is -0.123.